The van der Waals surface area contributed by atoms with Crippen molar-refractivity contribution in [2.75, 3.05) is 0 Å². The SMILES string of the molecule is CCCCC(CCC)NS(=O)(=O)c1ccc(Br)cc1. The Morgan fingerprint density at radius 1 is 1.11 bits per heavy atom. The lowest BCUT2D eigenvalue weighted by molar-refractivity contribution is 0.483. The van der Waals surface area contributed by atoms with Crippen molar-refractivity contribution in [2.24, 2.45) is 0 Å². The van der Waals surface area contributed by atoms with Gasteiger partial charge in [0.1, 0.15) is 0 Å². The van der Waals surface area contributed by atoms with E-state index in [2.05, 4.69) is 34.5 Å². The van der Waals surface area contributed by atoms with Crippen LogP contribution in [0.2, 0.25) is 0 Å². The Morgan fingerprint density at radius 2 is 1.74 bits per heavy atom. The molecule has 0 heterocycles. The van der Waals surface area contributed by atoms with E-state index in [0.717, 1.165) is 36.6 Å². The number of hydrogen-bond acceptors (Lipinski definition) is 2. The fourth-order valence-electron chi connectivity index (χ4n) is 1.96. The summed E-state index contributed by atoms with van der Waals surface area (Å²) in [7, 11) is -3.40. The van der Waals surface area contributed by atoms with E-state index in [0.29, 0.717) is 4.90 Å². The van der Waals surface area contributed by atoms with Crippen LogP contribution >= 0.6 is 15.9 Å². The van der Waals surface area contributed by atoms with E-state index in [1.807, 2.05) is 0 Å². The summed E-state index contributed by atoms with van der Waals surface area (Å²) in [4.78, 5) is 0.327. The summed E-state index contributed by atoms with van der Waals surface area (Å²) in [5.41, 5.74) is 0. The molecular formula is C14H22BrNO2S. The smallest absolute Gasteiger partial charge is 0.208 e. The van der Waals surface area contributed by atoms with Crippen LogP contribution in [-0.2, 0) is 10.0 Å². The molecule has 1 N–H and O–H groups in total. The summed E-state index contributed by atoms with van der Waals surface area (Å²) in [5.74, 6) is 0. The van der Waals surface area contributed by atoms with Crippen LogP contribution in [-0.4, -0.2) is 14.5 Å². The molecule has 0 radical (unpaired) electrons. The maximum absolute atomic E-state index is 12.3. The molecule has 0 saturated heterocycles. The molecule has 1 atom stereocenters. The van der Waals surface area contributed by atoms with Crippen molar-refractivity contribution in [3.8, 4) is 0 Å². The Kier molecular flexibility index (Phi) is 7.04. The molecule has 1 aromatic rings. The minimum absolute atomic E-state index is 0.0404. The van der Waals surface area contributed by atoms with Crippen LogP contribution in [0.4, 0.5) is 0 Å². The van der Waals surface area contributed by atoms with Gasteiger partial charge in [-0.3, -0.25) is 0 Å². The second kappa shape index (κ2) is 8.02. The zero-order valence-corrected chi connectivity index (χ0v) is 13.9. The monoisotopic (exact) mass is 347 g/mol. The Morgan fingerprint density at radius 3 is 2.26 bits per heavy atom. The van der Waals surface area contributed by atoms with Gasteiger partial charge < -0.3 is 0 Å². The minimum Gasteiger partial charge on any atom is -0.208 e. The first-order chi connectivity index (χ1) is 8.99. The molecule has 1 unspecified atom stereocenters. The quantitative estimate of drug-likeness (QED) is 0.769. The summed E-state index contributed by atoms with van der Waals surface area (Å²) in [6.45, 7) is 4.19. The molecule has 1 aromatic carbocycles. The first kappa shape index (κ1) is 16.7. The lowest BCUT2D eigenvalue weighted by atomic mass is 10.1. The van der Waals surface area contributed by atoms with Gasteiger partial charge in [-0.05, 0) is 37.1 Å². The number of hydrogen-bond donors (Lipinski definition) is 1. The highest BCUT2D eigenvalue weighted by atomic mass is 79.9. The van der Waals surface area contributed by atoms with Crippen LogP contribution in [0, 0.1) is 0 Å². The van der Waals surface area contributed by atoms with E-state index >= 15 is 0 Å². The van der Waals surface area contributed by atoms with Crippen LogP contribution in [0.3, 0.4) is 0 Å². The van der Waals surface area contributed by atoms with Crippen LogP contribution in [0.25, 0.3) is 0 Å². The van der Waals surface area contributed by atoms with Gasteiger partial charge in [0.05, 0.1) is 4.90 Å². The predicted octanol–water partition coefficient (Wildman–Crippen LogP) is 4.09. The van der Waals surface area contributed by atoms with E-state index in [4.69, 9.17) is 0 Å². The molecule has 0 aromatic heterocycles. The van der Waals surface area contributed by atoms with Crippen molar-refractivity contribution in [2.45, 2.75) is 56.9 Å². The van der Waals surface area contributed by atoms with Crippen molar-refractivity contribution in [1.29, 1.82) is 0 Å². The molecule has 1 rings (SSSR count). The average molecular weight is 348 g/mol. The molecule has 3 nitrogen and oxygen atoms in total. The van der Waals surface area contributed by atoms with Crippen LogP contribution in [0.5, 0.6) is 0 Å². The fraction of sp³-hybridized carbons (Fsp3) is 0.571. The summed E-state index contributed by atoms with van der Waals surface area (Å²) in [5, 5.41) is 0. The van der Waals surface area contributed by atoms with Crippen LogP contribution in [0.15, 0.2) is 33.6 Å². The Balaban J connectivity index is 2.78. The van der Waals surface area contributed by atoms with E-state index in [1.165, 1.54) is 0 Å². The first-order valence-corrected chi connectivity index (χ1v) is 9.05. The van der Waals surface area contributed by atoms with Crippen molar-refractivity contribution in [1.82, 2.24) is 4.72 Å². The van der Waals surface area contributed by atoms with Crippen molar-refractivity contribution >= 4 is 26.0 Å². The van der Waals surface area contributed by atoms with Gasteiger partial charge in [-0.2, -0.15) is 0 Å². The van der Waals surface area contributed by atoms with Gasteiger partial charge in [0.2, 0.25) is 10.0 Å². The van der Waals surface area contributed by atoms with Gasteiger partial charge in [-0.1, -0.05) is 49.0 Å². The summed E-state index contributed by atoms with van der Waals surface area (Å²) >= 11 is 3.31. The molecule has 19 heavy (non-hydrogen) atoms. The van der Waals surface area contributed by atoms with Gasteiger partial charge in [-0.25, -0.2) is 13.1 Å². The van der Waals surface area contributed by atoms with Crippen molar-refractivity contribution in [3.05, 3.63) is 28.7 Å². The van der Waals surface area contributed by atoms with E-state index in [1.54, 1.807) is 24.3 Å². The molecule has 108 valence electrons. The molecule has 0 aliphatic rings. The van der Waals surface area contributed by atoms with E-state index < -0.39 is 10.0 Å². The molecule has 0 fully saturated rings. The second-order valence-corrected chi connectivity index (χ2v) is 7.33. The van der Waals surface area contributed by atoms with Gasteiger partial charge in [-0.15, -0.1) is 0 Å². The minimum atomic E-state index is -3.40. The molecule has 5 heteroatoms. The maximum atomic E-state index is 12.3. The second-order valence-electron chi connectivity index (χ2n) is 4.70. The first-order valence-electron chi connectivity index (χ1n) is 6.77. The standard InChI is InChI=1S/C14H22BrNO2S/c1-3-5-7-13(6-4-2)16-19(17,18)14-10-8-12(15)9-11-14/h8-11,13,16H,3-7H2,1-2H3. The van der Waals surface area contributed by atoms with Crippen LogP contribution in [0.1, 0.15) is 46.0 Å². The number of sulfonamides is 1. The number of nitrogens with one attached hydrogen (secondary N) is 1. The largest absolute Gasteiger partial charge is 0.240 e. The van der Waals surface area contributed by atoms with Gasteiger partial charge >= 0.3 is 0 Å². The molecule has 0 amide bonds. The molecular weight excluding hydrogens is 326 g/mol. The average Bonchev–Trinajstić information content (AvgIpc) is 2.36. The van der Waals surface area contributed by atoms with Gasteiger partial charge in [0.15, 0.2) is 0 Å². The zero-order valence-electron chi connectivity index (χ0n) is 11.5. The third-order valence-electron chi connectivity index (χ3n) is 2.99. The number of unbranched alkanes of at least 4 members (excludes halogenated alkanes) is 1. The highest BCUT2D eigenvalue weighted by Crippen LogP contribution is 2.16. The van der Waals surface area contributed by atoms with E-state index in [9.17, 15) is 8.42 Å². The summed E-state index contributed by atoms with van der Waals surface area (Å²) < 4.78 is 28.2. The predicted molar refractivity (Wildman–Crippen MR) is 82.7 cm³/mol. The highest BCUT2D eigenvalue weighted by molar-refractivity contribution is 9.10. The molecule has 0 bridgehead atoms. The van der Waals surface area contributed by atoms with Gasteiger partial charge in [0.25, 0.3) is 0 Å². The third kappa shape index (κ3) is 5.63. The molecule has 0 aliphatic heterocycles. The number of halogens is 1. The zero-order chi connectivity index (χ0) is 14.3. The number of benzene rings is 1. The Bertz CT molecular complexity index is 471. The van der Waals surface area contributed by atoms with E-state index in [-0.39, 0.29) is 6.04 Å². The summed E-state index contributed by atoms with van der Waals surface area (Å²) in [6.07, 6.45) is 4.90. The molecule has 0 aliphatic carbocycles. The summed E-state index contributed by atoms with van der Waals surface area (Å²) in [6, 6.07) is 6.77. The normalized spacial score (nSPS) is 13.4. The lowest BCUT2D eigenvalue weighted by Gasteiger charge is -2.18. The van der Waals surface area contributed by atoms with Crippen molar-refractivity contribution in [3.63, 3.8) is 0 Å². The topological polar surface area (TPSA) is 46.2 Å². The maximum Gasteiger partial charge on any atom is 0.240 e. The molecule has 0 spiro atoms. The Hall–Kier alpha value is -0.390. The van der Waals surface area contributed by atoms with Crippen LogP contribution < -0.4 is 4.72 Å². The third-order valence-corrected chi connectivity index (χ3v) is 5.05. The lowest BCUT2D eigenvalue weighted by Crippen LogP contribution is -2.34. The fourth-order valence-corrected chi connectivity index (χ4v) is 3.53. The molecule has 0 saturated carbocycles. The Labute approximate surface area is 125 Å². The van der Waals surface area contributed by atoms with Crippen molar-refractivity contribution < 1.29 is 8.42 Å². The highest BCUT2D eigenvalue weighted by Gasteiger charge is 2.19. The number of rotatable bonds is 8. The van der Waals surface area contributed by atoms with Gasteiger partial charge in [0, 0.05) is 10.5 Å².